The molecule has 36 heavy (non-hydrogen) atoms. The summed E-state index contributed by atoms with van der Waals surface area (Å²) in [6.07, 6.45) is 4.20. The smallest absolute Gasteiger partial charge is 0.409 e. The molecule has 4 rings (SSSR count). The summed E-state index contributed by atoms with van der Waals surface area (Å²) < 4.78 is 18.6. The second-order valence-corrected chi connectivity index (χ2v) is 9.72. The van der Waals surface area contributed by atoms with Crippen molar-refractivity contribution in [1.29, 1.82) is 0 Å². The fourth-order valence-electron chi connectivity index (χ4n) is 4.83. The second kappa shape index (κ2) is 11.7. The molecule has 2 fully saturated rings. The van der Waals surface area contributed by atoms with E-state index in [-0.39, 0.29) is 18.6 Å². The number of hydrogen-bond acceptors (Lipinski definition) is 8. The predicted octanol–water partition coefficient (Wildman–Crippen LogP) is 3.20. The molecule has 2 atom stereocenters. The van der Waals surface area contributed by atoms with Gasteiger partial charge in [0.25, 0.3) is 0 Å². The minimum atomic E-state index is -0.765. The summed E-state index contributed by atoms with van der Waals surface area (Å²) in [5, 5.41) is 17.7. The molecular formula is C25H35N5O6. The first-order valence-corrected chi connectivity index (χ1v) is 12.5. The van der Waals surface area contributed by atoms with E-state index in [9.17, 15) is 14.7 Å². The molecule has 1 amide bonds. The number of pyridine rings is 1. The Morgan fingerprint density at radius 1 is 1.22 bits per heavy atom. The standard InChI is InChI=1S/C25H35N5O6/c1-16-22(36-19-6-4-5-18(13-19)24(31)32)8-7-20(26-16)23-21(30(3)28-27-23)15-35-25(33)29(2)14-17-9-11-34-12-10-17/h7-8,17-19H,4-6,9-15H2,1-3H3,(H,31,32)/t18-,19-/m0/s1. The average Bonchev–Trinajstić information content (AvgIpc) is 3.24. The van der Waals surface area contributed by atoms with Gasteiger partial charge in [-0.3, -0.25) is 4.79 Å². The number of rotatable bonds is 8. The van der Waals surface area contributed by atoms with Crippen molar-refractivity contribution in [1.82, 2.24) is 24.9 Å². The van der Waals surface area contributed by atoms with E-state index in [4.69, 9.17) is 14.2 Å². The van der Waals surface area contributed by atoms with Gasteiger partial charge in [-0.2, -0.15) is 0 Å². The number of nitrogens with zero attached hydrogens (tertiary/aromatic N) is 5. The quantitative estimate of drug-likeness (QED) is 0.580. The zero-order valence-electron chi connectivity index (χ0n) is 21.2. The first-order valence-electron chi connectivity index (χ1n) is 12.5. The van der Waals surface area contributed by atoms with Crippen LogP contribution in [0.3, 0.4) is 0 Å². The van der Waals surface area contributed by atoms with Crippen LogP contribution in [0.15, 0.2) is 12.1 Å². The fraction of sp³-hybridized carbons (Fsp3) is 0.640. The third-order valence-electron chi connectivity index (χ3n) is 7.01. The van der Waals surface area contributed by atoms with Crippen LogP contribution in [0.1, 0.15) is 49.9 Å². The highest BCUT2D eigenvalue weighted by Crippen LogP contribution is 2.30. The third-order valence-corrected chi connectivity index (χ3v) is 7.01. The van der Waals surface area contributed by atoms with Gasteiger partial charge in [-0.1, -0.05) is 5.21 Å². The molecule has 3 heterocycles. The maximum Gasteiger partial charge on any atom is 0.409 e. The normalized spacial score (nSPS) is 20.6. The molecule has 1 saturated carbocycles. The molecular weight excluding hydrogens is 466 g/mol. The van der Waals surface area contributed by atoms with Crippen LogP contribution in [0.5, 0.6) is 5.75 Å². The second-order valence-electron chi connectivity index (χ2n) is 9.72. The van der Waals surface area contributed by atoms with E-state index in [1.54, 1.807) is 29.7 Å². The zero-order chi connectivity index (χ0) is 25.7. The molecule has 2 aromatic heterocycles. The molecule has 11 heteroatoms. The van der Waals surface area contributed by atoms with Crippen LogP contribution in [-0.4, -0.2) is 75.0 Å². The minimum Gasteiger partial charge on any atom is -0.489 e. The first-order chi connectivity index (χ1) is 17.3. The number of amides is 1. The van der Waals surface area contributed by atoms with Gasteiger partial charge in [0, 0.05) is 33.9 Å². The molecule has 0 bridgehead atoms. The summed E-state index contributed by atoms with van der Waals surface area (Å²) in [5.41, 5.74) is 2.45. The van der Waals surface area contributed by atoms with Gasteiger partial charge in [0.1, 0.15) is 23.7 Å². The fourth-order valence-corrected chi connectivity index (χ4v) is 4.83. The van der Waals surface area contributed by atoms with E-state index in [0.29, 0.717) is 53.8 Å². The Hall–Kier alpha value is -3.21. The number of hydrogen-bond donors (Lipinski definition) is 1. The molecule has 0 aromatic carbocycles. The minimum absolute atomic E-state index is 0.0212. The molecule has 196 valence electrons. The molecule has 0 spiro atoms. The molecule has 0 radical (unpaired) electrons. The van der Waals surface area contributed by atoms with Crippen LogP contribution < -0.4 is 4.74 Å². The topological polar surface area (TPSA) is 129 Å². The number of aromatic nitrogens is 4. The van der Waals surface area contributed by atoms with Crippen molar-refractivity contribution in [3.63, 3.8) is 0 Å². The molecule has 1 saturated heterocycles. The molecule has 2 aromatic rings. The summed E-state index contributed by atoms with van der Waals surface area (Å²) in [6.45, 7) is 3.97. The van der Waals surface area contributed by atoms with Crippen molar-refractivity contribution in [3.8, 4) is 17.1 Å². The van der Waals surface area contributed by atoms with Crippen molar-refractivity contribution in [3.05, 3.63) is 23.5 Å². The Bertz CT molecular complexity index is 1070. The highest BCUT2D eigenvalue weighted by molar-refractivity contribution is 5.70. The van der Waals surface area contributed by atoms with Crippen LogP contribution >= 0.6 is 0 Å². The van der Waals surface area contributed by atoms with E-state index in [0.717, 1.165) is 38.9 Å². The molecule has 1 aliphatic carbocycles. The summed E-state index contributed by atoms with van der Waals surface area (Å²) >= 11 is 0. The van der Waals surface area contributed by atoms with Gasteiger partial charge in [-0.15, -0.1) is 5.10 Å². The number of carboxylic acid groups (broad SMARTS) is 1. The number of ether oxygens (including phenoxy) is 3. The Kier molecular flexibility index (Phi) is 8.40. The Morgan fingerprint density at radius 3 is 2.72 bits per heavy atom. The van der Waals surface area contributed by atoms with Crippen molar-refractivity contribution < 1.29 is 28.9 Å². The van der Waals surface area contributed by atoms with Crippen molar-refractivity contribution >= 4 is 12.1 Å². The van der Waals surface area contributed by atoms with E-state index < -0.39 is 12.1 Å². The van der Waals surface area contributed by atoms with Gasteiger partial charge in [0.2, 0.25) is 0 Å². The highest BCUT2D eigenvalue weighted by atomic mass is 16.6. The molecule has 1 N–H and O–H groups in total. The van der Waals surface area contributed by atoms with Gasteiger partial charge < -0.3 is 24.2 Å². The Balaban J connectivity index is 1.38. The van der Waals surface area contributed by atoms with Crippen LogP contribution in [0.2, 0.25) is 0 Å². The number of carboxylic acids is 1. The number of carbonyl (C=O) groups is 2. The number of aliphatic carboxylic acids is 1. The number of carbonyl (C=O) groups excluding carboxylic acids is 1. The van der Waals surface area contributed by atoms with Crippen LogP contribution in [0.25, 0.3) is 11.4 Å². The van der Waals surface area contributed by atoms with Crippen molar-refractivity contribution in [2.75, 3.05) is 26.8 Å². The molecule has 2 aliphatic rings. The van der Waals surface area contributed by atoms with Gasteiger partial charge in [0.15, 0.2) is 0 Å². The van der Waals surface area contributed by atoms with E-state index in [1.165, 1.54) is 0 Å². The van der Waals surface area contributed by atoms with E-state index >= 15 is 0 Å². The summed E-state index contributed by atoms with van der Waals surface area (Å²) in [6, 6.07) is 3.63. The van der Waals surface area contributed by atoms with E-state index in [1.807, 2.05) is 13.0 Å². The van der Waals surface area contributed by atoms with Crippen LogP contribution in [0.4, 0.5) is 4.79 Å². The summed E-state index contributed by atoms with van der Waals surface area (Å²) in [4.78, 5) is 30.2. The van der Waals surface area contributed by atoms with Gasteiger partial charge >= 0.3 is 12.1 Å². The van der Waals surface area contributed by atoms with Gasteiger partial charge in [-0.25, -0.2) is 14.5 Å². The van der Waals surface area contributed by atoms with Crippen molar-refractivity contribution in [2.45, 2.75) is 58.2 Å². The van der Waals surface area contributed by atoms with Gasteiger partial charge in [0.05, 0.1) is 23.4 Å². The third kappa shape index (κ3) is 6.31. The molecule has 11 nitrogen and oxygen atoms in total. The van der Waals surface area contributed by atoms with Crippen molar-refractivity contribution in [2.24, 2.45) is 18.9 Å². The maximum atomic E-state index is 12.6. The summed E-state index contributed by atoms with van der Waals surface area (Å²) in [7, 11) is 3.49. The average molecular weight is 502 g/mol. The predicted molar refractivity (Wildman–Crippen MR) is 129 cm³/mol. The van der Waals surface area contributed by atoms with Crippen LogP contribution in [0, 0.1) is 18.8 Å². The lowest BCUT2D eigenvalue weighted by Gasteiger charge is -2.27. The Morgan fingerprint density at radius 2 is 2.00 bits per heavy atom. The number of aryl methyl sites for hydroxylation is 2. The lowest BCUT2D eigenvalue weighted by molar-refractivity contribution is -0.143. The Labute approximate surface area is 210 Å². The SMILES string of the molecule is Cc1nc(-c2nnn(C)c2COC(=O)N(C)CC2CCOCC2)ccc1O[C@H]1CCC[C@H](C(=O)O)C1. The maximum absolute atomic E-state index is 12.6. The monoisotopic (exact) mass is 501 g/mol. The molecule has 0 unspecified atom stereocenters. The largest absolute Gasteiger partial charge is 0.489 e. The van der Waals surface area contributed by atoms with Gasteiger partial charge in [-0.05, 0) is 63.5 Å². The first kappa shape index (κ1) is 25.9. The van der Waals surface area contributed by atoms with Crippen LogP contribution in [-0.2, 0) is 27.9 Å². The molecule has 1 aliphatic heterocycles. The lowest BCUT2D eigenvalue weighted by Crippen LogP contribution is -2.34. The highest BCUT2D eigenvalue weighted by Gasteiger charge is 2.29. The summed E-state index contributed by atoms with van der Waals surface area (Å²) in [5.74, 6) is -0.0841. The lowest BCUT2D eigenvalue weighted by atomic mass is 9.87. The zero-order valence-corrected chi connectivity index (χ0v) is 21.2. The van der Waals surface area contributed by atoms with E-state index in [2.05, 4.69) is 15.3 Å².